The Kier molecular flexibility index (Phi) is 7.47. The van der Waals surface area contributed by atoms with E-state index in [-0.39, 0.29) is 24.5 Å². The molecule has 154 valence electrons. The van der Waals surface area contributed by atoms with Crippen LogP contribution in [0.3, 0.4) is 0 Å². The lowest BCUT2D eigenvalue weighted by Crippen LogP contribution is -2.31. The highest BCUT2D eigenvalue weighted by molar-refractivity contribution is 5.94. The molecule has 7 nitrogen and oxygen atoms in total. The molecule has 2 aromatic rings. The smallest absolute Gasteiger partial charge is 0.251 e. The van der Waals surface area contributed by atoms with Gasteiger partial charge in [0.25, 0.3) is 5.91 Å². The lowest BCUT2D eigenvalue weighted by atomic mass is 10.2. The SMILES string of the molecule is COc1ccc(CNC(=O)CNc2ccc(C(=O)NCC3CCCO3)cc2)cc1. The minimum absolute atomic E-state index is 0.112. The number of rotatable bonds is 9. The Morgan fingerprint density at radius 1 is 1.07 bits per heavy atom. The van der Waals surface area contributed by atoms with Crippen molar-refractivity contribution < 1.29 is 19.1 Å². The molecule has 0 aliphatic carbocycles. The second-order valence-electron chi connectivity index (χ2n) is 6.90. The molecule has 1 fully saturated rings. The Morgan fingerprint density at radius 3 is 2.48 bits per heavy atom. The molecule has 1 unspecified atom stereocenters. The summed E-state index contributed by atoms with van der Waals surface area (Å²) in [6.45, 7) is 1.91. The number of amides is 2. The normalized spacial score (nSPS) is 15.6. The van der Waals surface area contributed by atoms with Crippen molar-refractivity contribution >= 4 is 17.5 Å². The first-order valence-electron chi connectivity index (χ1n) is 9.77. The average molecular weight is 397 g/mol. The zero-order valence-corrected chi connectivity index (χ0v) is 16.6. The van der Waals surface area contributed by atoms with Crippen molar-refractivity contribution in [3.05, 3.63) is 59.7 Å². The van der Waals surface area contributed by atoms with Gasteiger partial charge in [-0.3, -0.25) is 9.59 Å². The molecular weight excluding hydrogens is 370 g/mol. The van der Waals surface area contributed by atoms with Crippen molar-refractivity contribution in [2.75, 3.05) is 32.1 Å². The van der Waals surface area contributed by atoms with Gasteiger partial charge in [0.05, 0.1) is 19.8 Å². The second-order valence-corrected chi connectivity index (χ2v) is 6.90. The number of nitrogens with one attached hydrogen (secondary N) is 3. The first kappa shape index (κ1) is 20.7. The summed E-state index contributed by atoms with van der Waals surface area (Å²) in [5.74, 6) is 0.550. The van der Waals surface area contributed by atoms with Gasteiger partial charge in [0, 0.05) is 30.9 Å². The van der Waals surface area contributed by atoms with Gasteiger partial charge in [0.15, 0.2) is 0 Å². The van der Waals surface area contributed by atoms with E-state index in [4.69, 9.17) is 9.47 Å². The lowest BCUT2D eigenvalue weighted by molar-refractivity contribution is -0.119. The monoisotopic (exact) mass is 397 g/mol. The van der Waals surface area contributed by atoms with Crippen LogP contribution in [0.25, 0.3) is 0 Å². The molecule has 2 amide bonds. The summed E-state index contributed by atoms with van der Waals surface area (Å²) < 4.78 is 10.6. The van der Waals surface area contributed by atoms with Crippen LogP contribution in [0.15, 0.2) is 48.5 Å². The van der Waals surface area contributed by atoms with E-state index in [0.29, 0.717) is 18.7 Å². The van der Waals surface area contributed by atoms with Crippen LogP contribution in [0.4, 0.5) is 5.69 Å². The Morgan fingerprint density at radius 2 is 1.83 bits per heavy atom. The van der Waals surface area contributed by atoms with Crippen LogP contribution in [0.2, 0.25) is 0 Å². The Bertz CT molecular complexity index is 800. The van der Waals surface area contributed by atoms with E-state index < -0.39 is 0 Å². The van der Waals surface area contributed by atoms with Gasteiger partial charge < -0.3 is 25.4 Å². The second kappa shape index (κ2) is 10.5. The Hall–Kier alpha value is -3.06. The molecule has 1 aliphatic heterocycles. The zero-order chi connectivity index (χ0) is 20.5. The summed E-state index contributed by atoms with van der Waals surface area (Å²) >= 11 is 0. The lowest BCUT2D eigenvalue weighted by Gasteiger charge is -2.11. The number of benzene rings is 2. The van der Waals surface area contributed by atoms with Gasteiger partial charge in [-0.1, -0.05) is 12.1 Å². The van der Waals surface area contributed by atoms with E-state index >= 15 is 0 Å². The molecule has 0 spiro atoms. The predicted octanol–water partition coefficient (Wildman–Crippen LogP) is 2.33. The largest absolute Gasteiger partial charge is 0.497 e. The summed E-state index contributed by atoms with van der Waals surface area (Å²) in [6, 6.07) is 14.6. The minimum atomic E-state index is -0.121. The fraction of sp³-hybridized carbons (Fsp3) is 0.364. The molecular formula is C22H27N3O4. The summed E-state index contributed by atoms with van der Waals surface area (Å²) in [6.07, 6.45) is 2.16. The highest BCUT2D eigenvalue weighted by Gasteiger charge is 2.16. The Labute approximate surface area is 170 Å². The minimum Gasteiger partial charge on any atom is -0.497 e. The standard InChI is InChI=1S/C22H27N3O4/c1-28-19-10-4-16(5-11-19)13-24-21(26)15-23-18-8-6-17(7-9-18)22(27)25-14-20-3-2-12-29-20/h4-11,20,23H,2-3,12-15H2,1H3,(H,24,26)(H,25,27). The van der Waals surface area contributed by atoms with Crippen LogP contribution in [-0.4, -0.2) is 44.7 Å². The molecule has 1 heterocycles. The fourth-order valence-corrected chi connectivity index (χ4v) is 3.04. The highest BCUT2D eigenvalue weighted by Crippen LogP contribution is 2.13. The van der Waals surface area contributed by atoms with Crippen LogP contribution in [-0.2, 0) is 16.1 Å². The van der Waals surface area contributed by atoms with E-state index in [1.807, 2.05) is 24.3 Å². The molecule has 7 heteroatoms. The van der Waals surface area contributed by atoms with Crippen molar-refractivity contribution in [1.29, 1.82) is 0 Å². The molecule has 0 radical (unpaired) electrons. The van der Waals surface area contributed by atoms with Gasteiger partial charge in [0.2, 0.25) is 5.91 Å². The average Bonchev–Trinajstić information content (AvgIpc) is 3.29. The predicted molar refractivity (Wildman–Crippen MR) is 111 cm³/mol. The molecule has 2 aromatic carbocycles. The van der Waals surface area contributed by atoms with Crippen LogP contribution in [0, 0.1) is 0 Å². The highest BCUT2D eigenvalue weighted by atomic mass is 16.5. The third-order valence-electron chi connectivity index (χ3n) is 4.76. The first-order valence-corrected chi connectivity index (χ1v) is 9.77. The van der Waals surface area contributed by atoms with Gasteiger partial charge >= 0.3 is 0 Å². The summed E-state index contributed by atoms with van der Waals surface area (Å²) in [7, 11) is 1.62. The number of carbonyl (C=O) groups is 2. The van der Waals surface area contributed by atoms with Gasteiger partial charge in [-0.05, 0) is 54.8 Å². The quantitative estimate of drug-likeness (QED) is 0.604. The third kappa shape index (κ3) is 6.50. The van der Waals surface area contributed by atoms with Gasteiger partial charge in [-0.15, -0.1) is 0 Å². The molecule has 3 rings (SSSR count). The summed E-state index contributed by atoms with van der Waals surface area (Å²) in [4.78, 5) is 24.2. The first-order chi connectivity index (χ1) is 14.1. The van der Waals surface area contributed by atoms with E-state index in [0.717, 1.165) is 36.4 Å². The van der Waals surface area contributed by atoms with Crippen LogP contribution >= 0.6 is 0 Å². The maximum atomic E-state index is 12.2. The number of hydrogen-bond donors (Lipinski definition) is 3. The van der Waals surface area contributed by atoms with Gasteiger partial charge in [-0.25, -0.2) is 0 Å². The van der Waals surface area contributed by atoms with Crippen LogP contribution in [0.1, 0.15) is 28.8 Å². The topological polar surface area (TPSA) is 88.7 Å². The maximum Gasteiger partial charge on any atom is 0.251 e. The third-order valence-corrected chi connectivity index (χ3v) is 4.76. The van der Waals surface area contributed by atoms with Crippen molar-refractivity contribution in [2.45, 2.75) is 25.5 Å². The van der Waals surface area contributed by atoms with Crippen molar-refractivity contribution in [2.24, 2.45) is 0 Å². The number of carbonyl (C=O) groups excluding carboxylic acids is 2. The summed E-state index contributed by atoms with van der Waals surface area (Å²) in [5.41, 5.74) is 2.36. The van der Waals surface area contributed by atoms with E-state index in [1.165, 1.54) is 0 Å². The molecule has 1 aliphatic rings. The molecule has 1 saturated heterocycles. The molecule has 0 saturated carbocycles. The van der Waals surface area contributed by atoms with Gasteiger partial charge in [0.1, 0.15) is 5.75 Å². The van der Waals surface area contributed by atoms with Crippen molar-refractivity contribution in [3.8, 4) is 5.75 Å². The van der Waals surface area contributed by atoms with E-state index in [1.54, 1.807) is 31.4 Å². The van der Waals surface area contributed by atoms with Crippen molar-refractivity contribution in [1.82, 2.24) is 10.6 Å². The number of anilines is 1. The number of hydrogen-bond acceptors (Lipinski definition) is 5. The number of methoxy groups -OCH3 is 1. The molecule has 3 N–H and O–H groups in total. The van der Waals surface area contributed by atoms with Crippen LogP contribution < -0.4 is 20.7 Å². The molecule has 29 heavy (non-hydrogen) atoms. The Balaban J connectivity index is 1.38. The molecule has 0 aromatic heterocycles. The van der Waals surface area contributed by atoms with E-state index in [2.05, 4.69) is 16.0 Å². The number of ether oxygens (including phenoxy) is 2. The molecule has 1 atom stereocenters. The van der Waals surface area contributed by atoms with E-state index in [9.17, 15) is 9.59 Å². The molecule has 0 bridgehead atoms. The maximum absolute atomic E-state index is 12.2. The van der Waals surface area contributed by atoms with Crippen LogP contribution in [0.5, 0.6) is 5.75 Å². The van der Waals surface area contributed by atoms with Crippen molar-refractivity contribution in [3.63, 3.8) is 0 Å². The summed E-state index contributed by atoms with van der Waals surface area (Å²) in [5, 5.41) is 8.81. The van der Waals surface area contributed by atoms with Gasteiger partial charge in [-0.2, -0.15) is 0 Å². The zero-order valence-electron chi connectivity index (χ0n) is 16.6. The fourth-order valence-electron chi connectivity index (χ4n) is 3.04.